The number of nitrogens with zero attached hydrogens (tertiary/aromatic N) is 1. The second-order valence-electron chi connectivity index (χ2n) is 6.98. The number of carbonyl (C=O) groups is 2. The third-order valence-electron chi connectivity index (χ3n) is 5.18. The average Bonchev–Trinajstić information content (AvgIpc) is 2.41. The second-order valence-corrected chi connectivity index (χ2v) is 6.98. The fourth-order valence-electron chi connectivity index (χ4n) is 3.83. The summed E-state index contributed by atoms with van der Waals surface area (Å²) in [4.78, 5) is 25.5. The van der Waals surface area contributed by atoms with Gasteiger partial charge in [0.25, 0.3) is 0 Å². The highest BCUT2D eigenvalue weighted by atomic mass is 16.4. The highest BCUT2D eigenvalue weighted by Crippen LogP contribution is 2.42. The van der Waals surface area contributed by atoms with Crippen LogP contribution in [0.1, 0.15) is 58.3 Å². The molecule has 2 fully saturated rings. The Morgan fingerprint density at radius 2 is 1.86 bits per heavy atom. The van der Waals surface area contributed by atoms with Gasteiger partial charge in [-0.2, -0.15) is 0 Å². The molecule has 1 saturated carbocycles. The maximum atomic E-state index is 12.6. The molecule has 0 bridgehead atoms. The number of hydrogen-bond donors (Lipinski definition) is 2. The first-order valence-corrected chi connectivity index (χ1v) is 8.09. The van der Waals surface area contributed by atoms with Crippen LogP contribution >= 0.6 is 0 Å². The normalized spacial score (nSPS) is 29.1. The molecule has 0 aromatic heterocycles. The summed E-state index contributed by atoms with van der Waals surface area (Å²) in [5, 5.41) is 18.9. The van der Waals surface area contributed by atoms with Gasteiger partial charge in [0.1, 0.15) is 0 Å². The number of carbonyl (C=O) groups excluding carboxylic acids is 1. The first-order valence-electron chi connectivity index (χ1n) is 8.09. The minimum absolute atomic E-state index is 0.0666. The Morgan fingerprint density at radius 3 is 2.43 bits per heavy atom. The second kappa shape index (κ2) is 6.77. The molecule has 5 nitrogen and oxygen atoms in total. The van der Waals surface area contributed by atoms with Crippen molar-refractivity contribution in [1.29, 1.82) is 0 Å². The van der Waals surface area contributed by atoms with Crippen molar-refractivity contribution in [2.45, 2.75) is 64.4 Å². The van der Waals surface area contributed by atoms with E-state index in [1.54, 1.807) is 0 Å². The summed E-state index contributed by atoms with van der Waals surface area (Å²) in [6.07, 6.45) is 5.63. The Balaban J connectivity index is 1.99. The fraction of sp³-hybridized carbons (Fsp3) is 0.875. The van der Waals surface area contributed by atoms with Crippen molar-refractivity contribution < 1.29 is 19.8 Å². The highest BCUT2D eigenvalue weighted by molar-refractivity contribution is 5.78. The van der Waals surface area contributed by atoms with E-state index < -0.39 is 5.97 Å². The van der Waals surface area contributed by atoms with E-state index in [-0.39, 0.29) is 29.8 Å². The van der Waals surface area contributed by atoms with E-state index in [0.717, 1.165) is 32.1 Å². The molecule has 2 N–H and O–H groups in total. The van der Waals surface area contributed by atoms with Crippen molar-refractivity contribution in [3.8, 4) is 0 Å². The largest absolute Gasteiger partial charge is 0.481 e. The van der Waals surface area contributed by atoms with Crippen molar-refractivity contribution in [1.82, 2.24) is 4.90 Å². The number of aliphatic carboxylic acids is 1. The molecule has 2 atom stereocenters. The van der Waals surface area contributed by atoms with Crippen LogP contribution in [0.15, 0.2) is 0 Å². The predicted molar refractivity (Wildman–Crippen MR) is 78.8 cm³/mol. The third-order valence-corrected chi connectivity index (χ3v) is 5.18. The van der Waals surface area contributed by atoms with E-state index in [1.165, 1.54) is 0 Å². The fourth-order valence-corrected chi connectivity index (χ4v) is 3.83. The van der Waals surface area contributed by atoms with Crippen LogP contribution in [-0.4, -0.2) is 46.2 Å². The predicted octanol–water partition coefficient (Wildman–Crippen LogP) is 2.03. The van der Waals surface area contributed by atoms with Gasteiger partial charge in [-0.15, -0.1) is 0 Å². The Morgan fingerprint density at radius 1 is 1.19 bits per heavy atom. The van der Waals surface area contributed by atoms with Crippen LogP contribution in [0.2, 0.25) is 0 Å². The molecule has 1 amide bonds. The number of rotatable bonds is 4. The first-order chi connectivity index (χ1) is 9.92. The molecule has 1 aliphatic heterocycles. The molecule has 2 aliphatic rings. The molecule has 21 heavy (non-hydrogen) atoms. The zero-order chi connectivity index (χ0) is 15.5. The standard InChI is InChI=1S/C16H27NO4/c1-12-11-17(8-5-13(12)18)14(19)9-16(10-15(20)21)6-3-2-4-7-16/h12-13,18H,2-11H2,1H3,(H,20,21). The van der Waals surface area contributed by atoms with Gasteiger partial charge in [0.2, 0.25) is 5.91 Å². The van der Waals surface area contributed by atoms with Crippen LogP contribution in [0, 0.1) is 11.3 Å². The van der Waals surface area contributed by atoms with Gasteiger partial charge in [-0.25, -0.2) is 0 Å². The molecule has 1 saturated heterocycles. The molecule has 0 spiro atoms. The molecule has 1 aliphatic carbocycles. The van der Waals surface area contributed by atoms with Gasteiger partial charge in [-0.1, -0.05) is 26.2 Å². The van der Waals surface area contributed by atoms with E-state index in [4.69, 9.17) is 0 Å². The lowest BCUT2D eigenvalue weighted by Gasteiger charge is -2.39. The van der Waals surface area contributed by atoms with Crippen molar-refractivity contribution in [2.75, 3.05) is 13.1 Å². The Kier molecular flexibility index (Phi) is 5.25. The summed E-state index contributed by atoms with van der Waals surface area (Å²) in [5.41, 5.74) is -0.347. The van der Waals surface area contributed by atoms with Crippen LogP contribution in [-0.2, 0) is 9.59 Å². The first kappa shape index (κ1) is 16.3. The monoisotopic (exact) mass is 297 g/mol. The molecule has 5 heteroatoms. The zero-order valence-electron chi connectivity index (χ0n) is 12.9. The topological polar surface area (TPSA) is 77.8 Å². The summed E-state index contributed by atoms with van der Waals surface area (Å²) in [5.74, 6) is -0.631. The van der Waals surface area contributed by atoms with Crippen LogP contribution in [0.4, 0.5) is 0 Å². The van der Waals surface area contributed by atoms with Crippen molar-refractivity contribution in [3.63, 3.8) is 0 Å². The van der Waals surface area contributed by atoms with Crippen LogP contribution in [0.5, 0.6) is 0 Å². The summed E-state index contributed by atoms with van der Waals surface area (Å²) < 4.78 is 0. The van der Waals surface area contributed by atoms with Crippen molar-refractivity contribution in [3.05, 3.63) is 0 Å². The lowest BCUT2D eigenvalue weighted by Crippen LogP contribution is -2.46. The van der Waals surface area contributed by atoms with Crippen LogP contribution in [0.3, 0.4) is 0 Å². The number of hydrogen-bond acceptors (Lipinski definition) is 3. The molecular weight excluding hydrogens is 270 g/mol. The van der Waals surface area contributed by atoms with Crippen LogP contribution in [0.25, 0.3) is 0 Å². The smallest absolute Gasteiger partial charge is 0.303 e. The number of likely N-dealkylation sites (tertiary alicyclic amines) is 1. The minimum Gasteiger partial charge on any atom is -0.481 e. The highest BCUT2D eigenvalue weighted by Gasteiger charge is 2.38. The minimum atomic E-state index is -0.799. The molecule has 0 aromatic carbocycles. The number of carboxylic acids is 1. The average molecular weight is 297 g/mol. The maximum Gasteiger partial charge on any atom is 0.303 e. The lowest BCUT2D eigenvalue weighted by atomic mass is 9.69. The molecule has 1 heterocycles. The number of piperidine rings is 1. The van der Waals surface area contributed by atoms with Gasteiger partial charge >= 0.3 is 5.97 Å². The maximum absolute atomic E-state index is 12.6. The number of amides is 1. The van der Waals surface area contributed by atoms with Gasteiger partial charge in [0.15, 0.2) is 0 Å². The molecule has 0 radical (unpaired) electrons. The SMILES string of the molecule is CC1CN(C(=O)CC2(CC(=O)O)CCCCC2)CCC1O. The molecule has 0 aromatic rings. The Hall–Kier alpha value is -1.10. The van der Waals surface area contributed by atoms with Gasteiger partial charge in [0.05, 0.1) is 12.5 Å². The van der Waals surface area contributed by atoms with E-state index in [2.05, 4.69) is 0 Å². The number of aliphatic hydroxyl groups excluding tert-OH is 1. The van der Waals surface area contributed by atoms with Gasteiger partial charge in [0, 0.05) is 19.5 Å². The molecular formula is C16H27NO4. The number of carboxylic acid groups (broad SMARTS) is 1. The van der Waals surface area contributed by atoms with Gasteiger partial charge in [-0.3, -0.25) is 9.59 Å². The summed E-state index contributed by atoms with van der Waals surface area (Å²) in [6.45, 7) is 3.13. The quantitative estimate of drug-likeness (QED) is 0.832. The lowest BCUT2D eigenvalue weighted by molar-refractivity contribution is -0.143. The molecule has 2 unspecified atom stereocenters. The third kappa shape index (κ3) is 4.19. The van der Waals surface area contributed by atoms with E-state index in [9.17, 15) is 19.8 Å². The van der Waals surface area contributed by atoms with E-state index in [0.29, 0.717) is 25.9 Å². The summed E-state index contributed by atoms with van der Waals surface area (Å²) in [7, 11) is 0. The van der Waals surface area contributed by atoms with E-state index >= 15 is 0 Å². The van der Waals surface area contributed by atoms with Gasteiger partial charge < -0.3 is 15.1 Å². The summed E-state index contributed by atoms with van der Waals surface area (Å²) in [6, 6.07) is 0. The molecule has 2 rings (SSSR count). The Bertz CT molecular complexity index is 390. The van der Waals surface area contributed by atoms with Crippen molar-refractivity contribution in [2.24, 2.45) is 11.3 Å². The van der Waals surface area contributed by atoms with Gasteiger partial charge in [-0.05, 0) is 30.6 Å². The van der Waals surface area contributed by atoms with Crippen molar-refractivity contribution >= 4 is 11.9 Å². The Labute approximate surface area is 126 Å². The molecule has 120 valence electrons. The van der Waals surface area contributed by atoms with Crippen LogP contribution < -0.4 is 0 Å². The number of aliphatic hydroxyl groups is 1. The zero-order valence-corrected chi connectivity index (χ0v) is 12.9. The van der Waals surface area contributed by atoms with E-state index in [1.807, 2.05) is 11.8 Å². The summed E-state index contributed by atoms with van der Waals surface area (Å²) >= 11 is 0.